The maximum Gasteiger partial charge on any atom is 0.256 e. The van der Waals surface area contributed by atoms with Crippen molar-refractivity contribution in [3.8, 4) is 0 Å². The van der Waals surface area contributed by atoms with E-state index in [-0.39, 0.29) is 11.9 Å². The van der Waals surface area contributed by atoms with Crippen molar-refractivity contribution in [2.75, 3.05) is 0 Å². The molecule has 0 aliphatic heterocycles. The quantitative estimate of drug-likeness (QED) is 0.812. The zero-order valence-electron chi connectivity index (χ0n) is 11.5. The van der Waals surface area contributed by atoms with E-state index in [1.54, 1.807) is 23.2 Å². The Hall–Kier alpha value is -1.94. The molecule has 0 spiro atoms. The molecule has 0 bridgehead atoms. The second-order valence-electron chi connectivity index (χ2n) is 4.72. The van der Waals surface area contributed by atoms with Gasteiger partial charge in [0.2, 0.25) is 0 Å². The molecule has 0 aliphatic carbocycles. The van der Waals surface area contributed by atoms with Crippen LogP contribution in [0.5, 0.6) is 0 Å². The van der Waals surface area contributed by atoms with Crippen molar-refractivity contribution in [3.63, 3.8) is 0 Å². The van der Waals surface area contributed by atoms with Crippen molar-refractivity contribution in [1.29, 1.82) is 0 Å². The van der Waals surface area contributed by atoms with E-state index in [0.29, 0.717) is 17.3 Å². The largest absolute Gasteiger partial charge is 0.330 e. The van der Waals surface area contributed by atoms with E-state index in [2.05, 4.69) is 9.97 Å². The minimum absolute atomic E-state index is 0.0696. The molecule has 0 N–H and O–H groups in total. The van der Waals surface area contributed by atoms with Gasteiger partial charge in [-0.15, -0.1) is 0 Å². The number of rotatable bonds is 4. The molecule has 0 radical (unpaired) electrons. The van der Waals surface area contributed by atoms with Gasteiger partial charge in [0, 0.05) is 18.4 Å². The lowest BCUT2D eigenvalue weighted by molar-refractivity contribution is 0.0687. The van der Waals surface area contributed by atoms with Crippen LogP contribution in [0.3, 0.4) is 0 Å². The first-order valence-electron chi connectivity index (χ1n) is 6.40. The van der Waals surface area contributed by atoms with Gasteiger partial charge in [-0.2, -0.15) is 0 Å². The van der Waals surface area contributed by atoms with Crippen LogP contribution < -0.4 is 0 Å². The number of aromatic nitrogens is 2. The Bertz CT molecular complexity index is 569. The minimum atomic E-state index is -0.0742. The zero-order valence-corrected chi connectivity index (χ0v) is 12.2. The van der Waals surface area contributed by atoms with Crippen LogP contribution in [-0.4, -0.2) is 26.8 Å². The lowest BCUT2D eigenvalue weighted by Gasteiger charge is -2.26. The van der Waals surface area contributed by atoms with Crippen LogP contribution in [0.25, 0.3) is 0 Å². The van der Waals surface area contributed by atoms with E-state index < -0.39 is 0 Å². The molecule has 0 unspecified atom stereocenters. The summed E-state index contributed by atoms with van der Waals surface area (Å²) in [5.74, 6) is -0.0742. The summed E-state index contributed by atoms with van der Waals surface area (Å²) in [4.78, 5) is 22.5. The van der Waals surface area contributed by atoms with Gasteiger partial charge in [0.1, 0.15) is 5.15 Å². The van der Waals surface area contributed by atoms with E-state index in [1.807, 2.05) is 32.0 Å². The van der Waals surface area contributed by atoms with Gasteiger partial charge in [-0.25, -0.2) is 4.98 Å². The molecule has 5 heteroatoms. The number of carbonyl (C=O) groups excluding carboxylic acids is 1. The van der Waals surface area contributed by atoms with Gasteiger partial charge in [0.25, 0.3) is 5.91 Å². The molecule has 0 fully saturated rings. The monoisotopic (exact) mass is 289 g/mol. The number of halogens is 1. The molecule has 2 rings (SSSR count). The van der Waals surface area contributed by atoms with E-state index in [4.69, 9.17) is 11.6 Å². The zero-order chi connectivity index (χ0) is 14.5. The molecule has 0 saturated heterocycles. The molecular formula is C15H16ClN3O. The van der Waals surface area contributed by atoms with Crippen molar-refractivity contribution in [1.82, 2.24) is 14.9 Å². The van der Waals surface area contributed by atoms with Crippen molar-refractivity contribution in [3.05, 3.63) is 59.1 Å². The molecule has 4 nitrogen and oxygen atoms in total. The number of nitrogens with zero attached hydrogens (tertiary/aromatic N) is 3. The Morgan fingerprint density at radius 3 is 2.60 bits per heavy atom. The van der Waals surface area contributed by atoms with Gasteiger partial charge in [0.15, 0.2) is 0 Å². The van der Waals surface area contributed by atoms with Crippen LogP contribution in [0, 0.1) is 0 Å². The molecule has 1 amide bonds. The van der Waals surface area contributed by atoms with Crippen LogP contribution in [0.4, 0.5) is 0 Å². The fourth-order valence-electron chi connectivity index (χ4n) is 1.82. The van der Waals surface area contributed by atoms with E-state index in [0.717, 1.165) is 5.69 Å². The van der Waals surface area contributed by atoms with Gasteiger partial charge < -0.3 is 4.90 Å². The minimum Gasteiger partial charge on any atom is -0.330 e. The first kappa shape index (κ1) is 14.5. The summed E-state index contributed by atoms with van der Waals surface area (Å²) in [5, 5.41) is 0.377. The summed E-state index contributed by atoms with van der Waals surface area (Å²) in [6.07, 6.45) is 3.22. The van der Waals surface area contributed by atoms with Crippen molar-refractivity contribution in [2.24, 2.45) is 0 Å². The standard InChI is InChI=1S/C15H16ClN3O/c1-11(2)19(10-13-5-3-4-8-17-13)15(20)12-6-7-14(16)18-9-12/h3-9,11H,10H2,1-2H3. The second-order valence-corrected chi connectivity index (χ2v) is 5.10. The summed E-state index contributed by atoms with van der Waals surface area (Å²) >= 11 is 5.74. The van der Waals surface area contributed by atoms with Crippen LogP contribution >= 0.6 is 11.6 Å². The topological polar surface area (TPSA) is 46.1 Å². The third-order valence-electron chi connectivity index (χ3n) is 2.92. The SMILES string of the molecule is CC(C)N(Cc1ccccn1)C(=O)c1ccc(Cl)nc1. The van der Waals surface area contributed by atoms with E-state index in [9.17, 15) is 4.79 Å². The average molecular weight is 290 g/mol. The van der Waals surface area contributed by atoms with Crippen molar-refractivity contribution in [2.45, 2.75) is 26.4 Å². The van der Waals surface area contributed by atoms with Gasteiger partial charge in [0.05, 0.1) is 17.8 Å². The van der Waals surface area contributed by atoms with Gasteiger partial charge >= 0.3 is 0 Å². The third-order valence-corrected chi connectivity index (χ3v) is 3.14. The maximum atomic E-state index is 12.5. The normalized spacial score (nSPS) is 10.6. The molecular weight excluding hydrogens is 274 g/mol. The highest BCUT2D eigenvalue weighted by atomic mass is 35.5. The number of pyridine rings is 2. The summed E-state index contributed by atoms with van der Waals surface area (Å²) in [5.41, 5.74) is 1.38. The number of hydrogen-bond acceptors (Lipinski definition) is 3. The van der Waals surface area contributed by atoms with E-state index in [1.165, 1.54) is 6.20 Å². The summed E-state index contributed by atoms with van der Waals surface area (Å²) in [6.45, 7) is 4.42. The molecule has 0 aliphatic rings. The third kappa shape index (κ3) is 3.54. The van der Waals surface area contributed by atoms with Crippen molar-refractivity contribution < 1.29 is 4.79 Å². The Balaban J connectivity index is 2.20. The molecule has 2 heterocycles. The van der Waals surface area contributed by atoms with Gasteiger partial charge in [-0.1, -0.05) is 17.7 Å². The summed E-state index contributed by atoms with van der Waals surface area (Å²) in [7, 11) is 0. The van der Waals surface area contributed by atoms with Crippen molar-refractivity contribution >= 4 is 17.5 Å². The Morgan fingerprint density at radius 2 is 2.05 bits per heavy atom. The highest BCUT2D eigenvalue weighted by Gasteiger charge is 2.19. The molecule has 0 aromatic carbocycles. The highest BCUT2D eigenvalue weighted by molar-refractivity contribution is 6.29. The maximum absolute atomic E-state index is 12.5. The second kappa shape index (κ2) is 6.48. The Morgan fingerprint density at radius 1 is 1.25 bits per heavy atom. The average Bonchev–Trinajstić information content (AvgIpc) is 2.45. The molecule has 2 aromatic rings. The summed E-state index contributed by atoms with van der Waals surface area (Å²) < 4.78 is 0. The molecule has 0 atom stereocenters. The van der Waals surface area contributed by atoms with E-state index >= 15 is 0 Å². The number of carbonyl (C=O) groups is 1. The lowest BCUT2D eigenvalue weighted by atomic mass is 10.2. The fourth-order valence-corrected chi connectivity index (χ4v) is 1.94. The lowest BCUT2D eigenvalue weighted by Crippen LogP contribution is -2.36. The number of amides is 1. The number of hydrogen-bond donors (Lipinski definition) is 0. The predicted molar refractivity (Wildman–Crippen MR) is 78.5 cm³/mol. The first-order valence-corrected chi connectivity index (χ1v) is 6.78. The van der Waals surface area contributed by atoms with Gasteiger partial charge in [-0.05, 0) is 38.1 Å². The smallest absolute Gasteiger partial charge is 0.256 e. The molecule has 2 aromatic heterocycles. The predicted octanol–water partition coefficient (Wildman–Crippen LogP) is 3.18. The van der Waals surface area contributed by atoms with Crippen LogP contribution in [0.2, 0.25) is 5.15 Å². The van der Waals surface area contributed by atoms with Crippen LogP contribution in [0.15, 0.2) is 42.7 Å². The summed E-state index contributed by atoms with van der Waals surface area (Å²) in [6, 6.07) is 9.05. The Kier molecular flexibility index (Phi) is 4.69. The van der Waals surface area contributed by atoms with Gasteiger partial charge in [-0.3, -0.25) is 9.78 Å². The fraction of sp³-hybridized carbons (Fsp3) is 0.267. The van der Waals surface area contributed by atoms with Crippen LogP contribution in [-0.2, 0) is 6.54 Å². The highest BCUT2D eigenvalue weighted by Crippen LogP contribution is 2.13. The van der Waals surface area contributed by atoms with Crippen LogP contribution in [0.1, 0.15) is 29.9 Å². The molecule has 20 heavy (non-hydrogen) atoms. The first-order chi connectivity index (χ1) is 9.58. The molecule has 0 saturated carbocycles. The molecule has 104 valence electrons. The Labute approximate surface area is 123 Å².